The van der Waals surface area contributed by atoms with Gasteiger partial charge >= 0.3 is 0 Å². The lowest BCUT2D eigenvalue weighted by molar-refractivity contribution is -0.118. The Balaban J connectivity index is 1.90. The highest BCUT2D eigenvalue weighted by Gasteiger charge is 2.23. The molecule has 1 aromatic rings. The Morgan fingerprint density at radius 3 is 2.50 bits per heavy atom. The molecule has 0 N–H and O–H groups in total. The minimum Gasteiger partial charge on any atom is -0.335 e. The fraction of sp³-hybridized carbons (Fsp3) is 0.500. The summed E-state index contributed by atoms with van der Waals surface area (Å²) in [5, 5.41) is 0. The monoisotopic (exact) mass is 248 g/mol. The summed E-state index contributed by atoms with van der Waals surface area (Å²) in [5.41, 5.74) is 0.373. The molecule has 6 heteroatoms. The maximum atomic E-state index is 12.1. The van der Waals surface area contributed by atoms with Crippen LogP contribution in [0.3, 0.4) is 0 Å². The first-order chi connectivity index (χ1) is 8.66. The zero-order chi connectivity index (χ0) is 13.0. The predicted octanol–water partition coefficient (Wildman–Crippen LogP) is -0.177. The fourth-order valence-corrected chi connectivity index (χ4v) is 2.00. The highest BCUT2D eigenvalue weighted by molar-refractivity contribution is 5.92. The molecule has 2 rings (SSSR count). The highest BCUT2D eigenvalue weighted by Crippen LogP contribution is 2.06. The van der Waals surface area contributed by atoms with Crippen molar-refractivity contribution in [1.29, 1.82) is 0 Å². The van der Waals surface area contributed by atoms with Crippen LogP contribution in [0.2, 0.25) is 0 Å². The number of carbonyl (C=O) groups excluding carboxylic acids is 2. The zero-order valence-corrected chi connectivity index (χ0v) is 10.4. The quantitative estimate of drug-likeness (QED) is 0.742. The van der Waals surface area contributed by atoms with Gasteiger partial charge in [0.1, 0.15) is 11.5 Å². The number of hydrogen-bond donors (Lipinski definition) is 0. The van der Waals surface area contributed by atoms with E-state index in [1.54, 1.807) is 18.0 Å². The Morgan fingerprint density at radius 1 is 1.22 bits per heavy atom. The number of hydrogen-bond acceptors (Lipinski definition) is 5. The van der Waals surface area contributed by atoms with Crippen molar-refractivity contribution in [3.63, 3.8) is 0 Å². The van der Waals surface area contributed by atoms with Crippen molar-refractivity contribution < 1.29 is 9.59 Å². The number of aromatic nitrogens is 2. The lowest BCUT2D eigenvalue weighted by atomic mass is 10.2. The van der Waals surface area contributed by atoms with E-state index in [1.807, 2.05) is 0 Å². The van der Waals surface area contributed by atoms with Crippen LogP contribution >= 0.6 is 0 Å². The average molecular weight is 248 g/mol. The van der Waals surface area contributed by atoms with E-state index in [9.17, 15) is 9.59 Å². The van der Waals surface area contributed by atoms with Gasteiger partial charge in [0, 0.05) is 38.6 Å². The number of Topliss-reactive ketones (excluding diaryl/α,β-unsaturated/α-hetero) is 1. The minimum atomic E-state index is -0.0921. The van der Waals surface area contributed by atoms with E-state index in [0.717, 1.165) is 13.1 Å². The molecule has 0 aliphatic carbocycles. The molecule has 96 valence electrons. The van der Waals surface area contributed by atoms with E-state index < -0.39 is 0 Å². The molecular weight excluding hydrogens is 232 g/mol. The third-order valence-electron chi connectivity index (χ3n) is 2.89. The summed E-state index contributed by atoms with van der Waals surface area (Å²) >= 11 is 0. The van der Waals surface area contributed by atoms with E-state index in [2.05, 4.69) is 14.9 Å². The first-order valence-corrected chi connectivity index (χ1v) is 5.94. The Labute approximate surface area is 106 Å². The summed E-state index contributed by atoms with van der Waals surface area (Å²) < 4.78 is 0. The van der Waals surface area contributed by atoms with Gasteiger partial charge in [0.05, 0.1) is 12.7 Å². The zero-order valence-electron chi connectivity index (χ0n) is 10.4. The molecule has 1 aliphatic heterocycles. The van der Waals surface area contributed by atoms with Gasteiger partial charge < -0.3 is 4.90 Å². The van der Waals surface area contributed by atoms with Crippen molar-refractivity contribution in [2.24, 2.45) is 0 Å². The van der Waals surface area contributed by atoms with Crippen molar-refractivity contribution in [1.82, 2.24) is 19.8 Å². The molecule has 1 saturated heterocycles. The SMILES string of the molecule is CC(=O)CN1CCN(C(=O)c2cnccn2)CC1. The summed E-state index contributed by atoms with van der Waals surface area (Å²) in [6, 6.07) is 0. The number of rotatable bonds is 3. The molecule has 0 atom stereocenters. The maximum Gasteiger partial charge on any atom is 0.274 e. The Bertz CT molecular complexity index is 427. The first kappa shape index (κ1) is 12.6. The van der Waals surface area contributed by atoms with Crippen LogP contribution in [0.5, 0.6) is 0 Å². The minimum absolute atomic E-state index is 0.0921. The fourth-order valence-electron chi connectivity index (χ4n) is 2.00. The van der Waals surface area contributed by atoms with Crippen LogP contribution in [0.25, 0.3) is 0 Å². The van der Waals surface area contributed by atoms with Crippen molar-refractivity contribution >= 4 is 11.7 Å². The second-order valence-electron chi connectivity index (χ2n) is 4.36. The molecule has 0 spiro atoms. The molecule has 0 radical (unpaired) electrons. The van der Waals surface area contributed by atoms with Gasteiger partial charge in [-0.15, -0.1) is 0 Å². The molecule has 18 heavy (non-hydrogen) atoms. The number of ketones is 1. The summed E-state index contributed by atoms with van der Waals surface area (Å²) in [6.07, 6.45) is 4.53. The van der Waals surface area contributed by atoms with Crippen LogP contribution in [-0.4, -0.2) is 64.2 Å². The largest absolute Gasteiger partial charge is 0.335 e. The van der Waals surface area contributed by atoms with Crippen LogP contribution in [0, 0.1) is 0 Å². The number of nitrogens with zero attached hydrogens (tertiary/aromatic N) is 4. The maximum absolute atomic E-state index is 12.1. The molecule has 2 heterocycles. The topological polar surface area (TPSA) is 66.4 Å². The summed E-state index contributed by atoms with van der Waals surface area (Å²) in [4.78, 5) is 34.8. The lowest BCUT2D eigenvalue weighted by Gasteiger charge is -2.33. The smallest absolute Gasteiger partial charge is 0.274 e. The predicted molar refractivity (Wildman–Crippen MR) is 65.1 cm³/mol. The summed E-state index contributed by atoms with van der Waals surface area (Å²) in [6.45, 7) is 4.76. The van der Waals surface area contributed by atoms with Crippen LogP contribution in [-0.2, 0) is 4.79 Å². The first-order valence-electron chi connectivity index (χ1n) is 5.94. The van der Waals surface area contributed by atoms with E-state index >= 15 is 0 Å². The molecule has 1 aliphatic rings. The summed E-state index contributed by atoms with van der Waals surface area (Å²) in [7, 11) is 0. The molecule has 0 aromatic carbocycles. The van der Waals surface area contributed by atoms with Gasteiger partial charge in [0.15, 0.2) is 0 Å². The molecular formula is C12H16N4O2. The normalized spacial score (nSPS) is 16.6. The van der Waals surface area contributed by atoms with E-state index in [0.29, 0.717) is 25.3 Å². The van der Waals surface area contributed by atoms with Gasteiger partial charge in [-0.2, -0.15) is 0 Å². The Kier molecular flexibility index (Phi) is 3.99. The average Bonchev–Trinajstić information content (AvgIpc) is 2.39. The van der Waals surface area contributed by atoms with Gasteiger partial charge in [-0.05, 0) is 6.92 Å². The van der Waals surface area contributed by atoms with Crippen LogP contribution in [0.15, 0.2) is 18.6 Å². The van der Waals surface area contributed by atoms with Gasteiger partial charge in [-0.3, -0.25) is 19.5 Å². The lowest BCUT2D eigenvalue weighted by Crippen LogP contribution is -2.49. The molecule has 1 fully saturated rings. The third-order valence-corrected chi connectivity index (χ3v) is 2.89. The Morgan fingerprint density at radius 2 is 1.94 bits per heavy atom. The highest BCUT2D eigenvalue weighted by atomic mass is 16.2. The molecule has 0 bridgehead atoms. The number of amides is 1. The summed E-state index contributed by atoms with van der Waals surface area (Å²) in [5.74, 6) is 0.0641. The van der Waals surface area contributed by atoms with Crippen molar-refractivity contribution in [3.05, 3.63) is 24.3 Å². The second-order valence-corrected chi connectivity index (χ2v) is 4.36. The van der Waals surface area contributed by atoms with Gasteiger partial charge in [-0.1, -0.05) is 0 Å². The van der Waals surface area contributed by atoms with Crippen molar-refractivity contribution in [2.75, 3.05) is 32.7 Å². The Hall–Kier alpha value is -1.82. The standard InChI is InChI=1S/C12H16N4O2/c1-10(17)9-15-4-6-16(7-5-15)12(18)11-8-13-2-3-14-11/h2-3,8H,4-7,9H2,1H3. The molecule has 0 saturated carbocycles. The van der Waals surface area contributed by atoms with E-state index in [-0.39, 0.29) is 11.7 Å². The molecule has 6 nitrogen and oxygen atoms in total. The molecule has 0 unspecified atom stereocenters. The van der Waals surface area contributed by atoms with Crippen molar-refractivity contribution in [3.8, 4) is 0 Å². The van der Waals surface area contributed by atoms with Crippen LogP contribution in [0.4, 0.5) is 0 Å². The van der Waals surface area contributed by atoms with Gasteiger partial charge in [-0.25, -0.2) is 4.98 Å². The van der Waals surface area contributed by atoms with Crippen LogP contribution in [0.1, 0.15) is 17.4 Å². The number of piperazine rings is 1. The van der Waals surface area contributed by atoms with Crippen molar-refractivity contribution in [2.45, 2.75) is 6.92 Å². The van der Waals surface area contributed by atoms with Crippen LogP contribution < -0.4 is 0 Å². The molecule has 1 amide bonds. The van der Waals surface area contributed by atoms with Gasteiger partial charge in [0.25, 0.3) is 5.91 Å². The molecule has 1 aromatic heterocycles. The van der Waals surface area contributed by atoms with Gasteiger partial charge in [0.2, 0.25) is 0 Å². The third kappa shape index (κ3) is 3.10. The second kappa shape index (κ2) is 5.68. The van der Waals surface area contributed by atoms with E-state index in [4.69, 9.17) is 0 Å². The number of carbonyl (C=O) groups is 2. The van der Waals surface area contributed by atoms with E-state index in [1.165, 1.54) is 12.4 Å².